The van der Waals surface area contributed by atoms with Crippen LogP contribution in [0.3, 0.4) is 0 Å². The molecular weight excluding hydrogens is 246 g/mol. The van der Waals surface area contributed by atoms with E-state index in [1.807, 2.05) is 19.4 Å². The van der Waals surface area contributed by atoms with Crippen LogP contribution in [0.1, 0.15) is 5.56 Å². The molecule has 1 aromatic carbocycles. The summed E-state index contributed by atoms with van der Waals surface area (Å²) in [5.74, 6) is 0. The molecule has 2 aromatic rings. The Morgan fingerprint density at radius 2 is 2.32 bits per heavy atom. The molecule has 0 aliphatic rings. The van der Waals surface area contributed by atoms with Gasteiger partial charge in [-0.1, -0.05) is 0 Å². The second-order valence-corrected chi connectivity index (χ2v) is 4.23. The molecule has 0 unspecified atom stereocenters. The van der Waals surface area contributed by atoms with E-state index in [1.165, 1.54) is 6.07 Å². The Kier molecular flexibility index (Phi) is 3.65. The Morgan fingerprint density at radius 1 is 1.53 bits per heavy atom. The van der Waals surface area contributed by atoms with Gasteiger partial charge in [-0.15, -0.1) is 0 Å². The Hall–Kier alpha value is -2.57. The molecule has 19 heavy (non-hydrogen) atoms. The molecule has 1 heterocycles. The number of nitro groups is 1. The molecule has 0 aliphatic heterocycles. The third-order valence-corrected chi connectivity index (χ3v) is 2.73. The van der Waals surface area contributed by atoms with Crippen molar-refractivity contribution in [2.45, 2.75) is 6.42 Å². The first kappa shape index (κ1) is 12.9. The molecule has 2 rings (SSSR count). The highest BCUT2D eigenvalue weighted by Crippen LogP contribution is 2.24. The first-order valence-corrected chi connectivity index (χ1v) is 5.81. The number of rotatable bonds is 5. The van der Waals surface area contributed by atoms with Crippen LogP contribution in [0, 0.1) is 10.1 Å². The standard InChI is InChI=1S/C12H15N5O2/c1-16-8-9(7-15-16)4-5-14-10-2-3-12(17(18)19)11(13)6-10/h2-3,6-8,14H,4-5,13H2,1H3. The summed E-state index contributed by atoms with van der Waals surface area (Å²) in [7, 11) is 1.87. The van der Waals surface area contributed by atoms with E-state index in [0.29, 0.717) is 6.54 Å². The van der Waals surface area contributed by atoms with Gasteiger partial charge in [-0.25, -0.2) is 0 Å². The average molecular weight is 261 g/mol. The average Bonchev–Trinajstić information content (AvgIpc) is 2.75. The third kappa shape index (κ3) is 3.21. The van der Waals surface area contributed by atoms with Gasteiger partial charge >= 0.3 is 0 Å². The molecule has 0 aliphatic carbocycles. The van der Waals surface area contributed by atoms with E-state index in [0.717, 1.165) is 17.7 Å². The zero-order chi connectivity index (χ0) is 13.8. The monoisotopic (exact) mass is 261 g/mol. The molecule has 0 spiro atoms. The Bertz CT molecular complexity index is 594. The predicted molar refractivity (Wildman–Crippen MR) is 72.9 cm³/mol. The van der Waals surface area contributed by atoms with Gasteiger partial charge in [-0.05, 0) is 24.1 Å². The van der Waals surface area contributed by atoms with Crippen molar-refractivity contribution in [3.8, 4) is 0 Å². The van der Waals surface area contributed by atoms with Crippen molar-refractivity contribution in [1.29, 1.82) is 0 Å². The lowest BCUT2D eigenvalue weighted by Gasteiger charge is -2.06. The summed E-state index contributed by atoms with van der Waals surface area (Å²) in [6, 6.07) is 4.63. The van der Waals surface area contributed by atoms with Crippen molar-refractivity contribution in [3.05, 3.63) is 46.3 Å². The lowest BCUT2D eigenvalue weighted by Crippen LogP contribution is -2.05. The number of nitrogens with two attached hydrogens (primary N) is 1. The molecule has 0 atom stereocenters. The van der Waals surface area contributed by atoms with Crippen molar-refractivity contribution in [2.75, 3.05) is 17.6 Å². The van der Waals surface area contributed by atoms with Gasteiger partial charge in [0.15, 0.2) is 0 Å². The molecule has 7 nitrogen and oxygen atoms in total. The van der Waals surface area contributed by atoms with Gasteiger partial charge < -0.3 is 11.1 Å². The smallest absolute Gasteiger partial charge is 0.292 e. The van der Waals surface area contributed by atoms with Gasteiger partial charge in [-0.3, -0.25) is 14.8 Å². The maximum atomic E-state index is 10.6. The molecule has 0 radical (unpaired) electrons. The molecule has 1 aromatic heterocycles. The number of anilines is 2. The summed E-state index contributed by atoms with van der Waals surface area (Å²) in [5, 5.41) is 17.9. The Balaban J connectivity index is 1.93. The first-order chi connectivity index (χ1) is 9.06. The van der Waals surface area contributed by atoms with Gasteiger partial charge in [0.2, 0.25) is 0 Å². The van der Waals surface area contributed by atoms with Crippen LogP contribution in [0.2, 0.25) is 0 Å². The largest absolute Gasteiger partial charge is 0.393 e. The van der Waals surface area contributed by atoms with Gasteiger partial charge in [0.05, 0.1) is 11.1 Å². The van der Waals surface area contributed by atoms with E-state index in [2.05, 4.69) is 10.4 Å². The minimum Gasteiger partial charge on any atom is -0.393 e. The Morgan fingerprint density at radius 3 is 2.89 bits per heavy atom. The third-order valence-electron chi connectivity index (χ3n) is 2.73. The number of aryl methyl sites for hydroxylation is 1. The quantitative estimate of drug-likeness (QED) is 0.483. The van der Waals surface area contributed by atoms with Crippen molar-refractivity contribution >= 4 is 17.1 Å². The van der Waals surface area contributed by atoms with Crippen molar-refractivity contribution in [3.63, 3.8) is 0 Å². The fourth-order valence-corrected chi connectivity index (χ4v) is 1.78. The highest BCUT2D eigenvalue weighted by Gasteiger charge is 2.10. The number of nitrogens with zero attached hydrogens (tertiary/aromatic N) is 3. The summed E-state index contributed by atoms with van der Waals surface area (Å²) >= 11 is 0. The topological polar surface area (TPSA) is 99.0 Å². The van der Waals surface area contributed by atoms with Gasteiger partial charge in [-0.2, -0.15) is 5.10 Å². The van der Waals surface area contributed by atoms with E-state index < -0.39 is 4.92 Å². The van der Waals surface area contributed by atoms with Crippen LogP contribution in [-0.2, 0) is 13.5 Å². The van der Waals surface area contributed by atoms with Crippen molar-refractivity contribution < 1.29 is 4.92 Å². The number of aromatic nitrogens is 2. The van der Waals surface area contributed by atoms with Crippen LogP contribution in [0.5, 0.6) is 0 Å². The van der Waals surface area contributed by atoms with E-state index in [1.54, 1.807) is 16.8 Å². The van der Waals surface area contributed by atoms with Crippen LogP contribution in [0.4, 0.5) is 17.1 Å². The summed E-state index contributed by atoms with van der Waals surface area (Å²) in [6.45, 7) is 0.711. The minimum absolute atomic E-state index is 0.0715. The second kappa shape index (κ2) is 5.38. The van der Waals surface area contributed by atoms with Crippen LogP contribution >= 0.6 is 0 Å². The molecule has 0 saturated heterocycles. The SMILES string of the molecule is Cn1cc(CCNc2ccc([N+](=O)[O-])c(N)c2)cn1. The van der Waals surface area contributed by atoms with E-state index in [4.69, 9.17) is 5.73 Å². The molecule has 0 amide bonds. The molecular formula is C12H15N5O2. The zero-order valence-electron chi connectivity index (χ0n) is 10.5. The van der Waals surface area contributed by atoms with E-state index in [9.17, 15) is 10.1 Å². The van der Waals surface area contributed by atoms with Gasteiger partial charge in [0, 0.05) is 31.5 Å². The second-order valence-electron chi connectivity index (χ2n) is 4.23. The highest BCUT2D eigenvalue weighted by atomic mass is 16.6. The number of nitrogens with one attached hydrogen (secondary N) is 1. The maximum absolute atomic E-state index is 10.6. The van der Waals surface area contributed by atoms with Crippen molar-refractivity contribution in [2.24, 2.45) is 7.05 Å². The zero-order valence-corrected chi connectivity index (χ0v) is 10.5. The lowest BCUT2D eigenvalue weighted by atomic mass is 10.2. The van der Waals surface area contributed by atoms with E-state index in [-0.39, 0.29) is 11.4 Å². The number of hydrogen-bond donors (Lipinski definition) is 2. The maximum Gasteiger partial charge on any atom is 0.292 e. The van der Waals surface area contributed by atoms with E-state index >= 15 is 0 Å². The normalized spacial score (nSPS) is 10.4. The number of benzene rings is 1. The Labute approximate surface area is 110 Å². The molecule has 0 bridgehead atoms. The molecule has 0 saturated carbocycles. The van der Waals surface area contributed by atoms with Crippen LogP contribution < -0.4 is 11.1 Å². The van der Waals surface area contributed by atoms with Crippen LogP contribution in [-0.4, -0.2) is 21.2 Å². The number of nitrogen functional groups attached to an aromatic ring is 1. The van der Waals surface area contributed by atoms with Gasteiger partial charge in [0.1, 0.15) is 5.69 Å². The summed E-state index contributed by atoms with van der Waals surface area (Å²) in [6.07, 6.45) is 4.59. The van der Waals surface area contributed by atoms with Crippen LogP contribution in [0.25, 0.3) is 0 Å². The fourth-order valence-electron chi connectivity index (χ4n) is 1.78. The van der Waals surface area contributed by atoms with Crippen molar-refractivity contribution in [1.82, 2.24) is 9.78 Å². The van der Waals surface area contributed by atoms with Gasteiger partial charge in [0.25, 0.3) is 5.69 Å². The number of hydrogen-bond acceptors (Lipinski definition) is 5. The lowest BCUT2D eigenvalue weighted by molar-refractivity contribution is -0.383. The summed E-state index contributed by atoms with van der Waals surface area (Å²) in [4.78, 5) is 10.1. The summed E-state index contributed by atoms with van der Waals surface area (Å²) < 4.78 is 1.75. The molecule has 100 valence electrons. The predicted octanol–water partition coefficient (Wildman–Crippen LogP) is 1.57. The molecule has 7 heteroatoms. The first-order valence-electron chi connectivity index (χ1n) is 5.81. The highest BCUT2D eigenvalue weighted by molar-refractivity contribution is 5.65. The number of nitro benzene ring substituents is 1. The minimum atomic E-state index is -0.491. The summed E-state index contributed by atoms with van der Waals surface area (Å²) in [5.41, 5.74) is 7.61. The van der Waals surface area contributed by atoms with Crippen LogP contribution in [0.15, 0.2) is 30.6 Å². The molecule has 0 fully saturated rings. The molecule has 3 N–H and O–H groups in total. The fraction of sp³-hybridized carbons (Fsp3) is 0.250.